The maximum atomic E-state index is 5.59. The van der Waals surface area contributed by atoms with Crippen molar-refractivity contribution in [3.05, 3.63) is 28.2 Å². The molecule has 1 aromatic rings. The fourth-order valence-corrected chi connectivity index (χ4v) is 1.69. The lowest BCUT2D eigenvalue weighted by atomic mass is 10.2. The van der Waals surface area contributed by atoms with Crippen molar-refractivity contribution < 1.29 is 4.74 Å². The normalized spacial score (nSPS) is 10.5. The lowest BCUT2D eigenvalue weighted by Gasteiger charge is -2.11. The highest BCUT2D eigenvalue weighted by Crippen LogP contribution is 2.23. The Balaban J connectivity index is 2.86. The molecule has 0 amide bonds. The van der Waals surface area contributed by atoms with E-state index in [0.717, 1.165) is 16.6 Å². The summed E-state index contributed by atoms with van der Waals surface area (Å²) in [5.74, 6) is 0.954. The van der Waals surface area contributed by atoms with Gasteiger partial charge in [0.2, 0.25) is 0 Å². The number of benzene rings is 1. The minimum Gasteiger partial charge on any atom is -0.491 e. The van der Waals surface area contributed by atoms with E-state index in [-0.39, 0.29) is 6.10 Å². The second kappa shape index (κ2) is 4.66. The molecule has 0 aliphatic heterocycles. The zero-order valence-electron chi connectivity index (χ0n) is 8.30. The number of halogens is 1. The van der Waals surface area contributed by atoms with Gasteiger partial charge in [-0.05, 0) is 44.0 Å². The highest BCUT2D eigenvalue weighted by atomic mass is 79.9. The third-order valence-corrected chi connectivity index (χ3v) is 2.54. The molecule has 0 radical (unpaired) electrons. The standard InChI is InChI=1S/C11H15BrO/c1-4-9-7-10(13-8(2)3)5-6-11(9)12/h5-8H,4H2,1-3H3. The predicted octanol–water partition coefficient (Wildman–Crippen LogP) is 3.80. The molecule has 0 fully saturated rings. The monoisotopic (exact) mass is 242 g/mol. The molecule has 1 aromatic carbocycles. The number of hydrogen-bond acceptors (Lipinski definition) is 1. The summed E-state index contributed by atoms with van der Waals surface area (Å²) in [6.45, 7) is 6.21. The molecule has 0 spiro atoms. The Morgan fingerprint density at radius 1 is 1.38 bits per heavy atom. The smallest absolute Gasteiger partial charge is 0.120 e. The molecule has 13 heavy (non-hydrogen) atoms. The fraction of sp³-hybridized carbons (Fsp3) is 0.455. The Morgan fingerprint density at radius 3 is 2.62 bits per heavy atom. The van der Waals surface area contributed by atoms with Gasteiger partial charge in [0.25, 0.3) is 0 Å². The minimum absolute atomic E-state index is 0.242. The van der Waals surface area contributed by atoms with Gasteiger partial charge in [0.15, 0.2) is 0 Å². The van der Waals surface area contributed by atoms with E-state index >= 15 is 0 Å². The van der Waals surface area contributed by atoms with Crippen LogP contribution in [0.2, 0.25) is 0 Å². The third kappa shape index (κ3) is 3.03. The molecule has 0 N–H and O–H groups in total. The van der Waals surface area contributed by atoms with Gasteiger partial charge >= 0.3 is 0 Å². The van der Waals surface area contributed by atoms with Crippen molar-refractivity contribution in [1.82, 2.24) is 0 Å². The van der Waals surface area contributed by atoms with Gasteiger partial charge in [-0.1, -0.05) is 22.9 Å². The molecule has 1 nitrogen and oxygen atoms in total. The fourth-order valence-electron chi connectivity index (χ4n) is 1.17. The highest BCUT2D eigenvalue weighted by molar-refractivity contribution is 9.10. The summed E-state index contributed by atoms with van der Waals surface area (Å²) in [5.41, 5.74) is 1.29. The Morgan fingerprint density at radius 2 is 2.08 bits per heavy atom. The zero-order valence-corrected chi connectivity index (χ0v) is 9.89. The lowest BCUT2D eigenvalue weighted by molar-refractivity contribution is 0.242. The van der Waals surface area contributed by atoms with Gasteiger partial charge in [-0.3, -0.25) is 0 Å². The van der Waals surface area contributed by atoms with E-state index in [1.807, 2.05) is 26.0 Å². The summed E-state index contributed by atoms with van der Waals surface area (Å²) in [7, 11) is 0. The van der Waals surface area contributed by atoms with Crippen molar-refractivity contribution >= 4 is 15.9 Å². The van der Waals surface area contributed by atoms with Gasteiger partial charge in [0, 0.05) is 4.47 Å². The van der Waals surface area contributed by atoms with Crippen LogP contribution in [0.4, 0.5) is 0 Å². The second-order valence-corrected chi connectivity index (χ2v) is 4.13. The van der Waals surface area contributed by atoms with E-state index in [9.17, 15) is 0 Å². The number of hydrogen-bond donors (Lipinski definition) is 0. The van der Waals surface area contributed by atoms with E-state index in [0.29, 0.717) is 0 Å². The Labute approximate surface area is 88.2 Å². The SMILES string of the molecule is CCc1cc(OC(C)C)ccc1Br. The molecule has 0 saturated carbocycles. The highest BCUT2D eigenvalue weighted by Gasteiger charge is 2.01. The summed E-state index contributed by atoms with van der Waals surface area (Å²) in [5, 5.41) is 0. The molecule has 0 saturated heterocycles. The first-order chi connectivity index (χ1) is 6.13. The van der Waals surface area contributed by atoms with E-state index in [1.165, 1.54) is 5.56 Å². The molecule has 0 heterocycles. The summed E-state index contributed by atoms with van der Waals surface area (Å²) in [6.07, 6.45) is 1.27. The van der Waals surface area contributed by atoms with Gasteiger partial charge in [0.1, 0.15) is 5.75 Å². The van der Waals surface area contributed by atoms with Crippen LogP contribution in [0.25, 0.3) is 0 Å². The Bertz CT molecular complexity index is 281. The quantitative estimate of drug-likeness (QED) is 0.784. The molecule has 0 bridgehead atoms. The summed E-state index contributed by atoms with van der Waals surface area (Å²) in [6, 6.07) is 6.11. The maximum Gasteiger partial charge on any atom is 0.120 e. The van der Waals surface area contributed by atoms with Crippen molar-refractivity contribution in [3.8, 4) is 5.75 Å². The van der Waals surface area contributed by atoms with Crippen LogP contribution in [0, 0.1) is 0 Å². The average molecular weight is 243 g/mol. The Kier molecular flexibility index (Phi) is 3.79. The van der Waals surface area contributed by atoms with E-state index in [1.54, 1.807) is 0 Å². The molecule has 2 heteroatoms. The van der Waals surface area contributed by atoms with Crippen LogP contribution in [0.3, 0.4) is 0 Å². The van der Waals surface area contributed by atoms with Crippen LogP contribution in [0.5, 0.6) is 5.75 Å². The van der Waals surface area contributed by atoms with Crippen LogP contribution in [-0.4, -0.2) is 6.10 Å². The lowest BCUT2D eigenvalue weighted by Crippen LogP contribution is -2.05. The maximum absolute atomic E-state index is 5.59. The molecular formula is C11H15BrO. The number of aryl methyl sites for hydroxylation is 1. The van der Waals surface area contributed by atoms with Gasteiger partial charge in [-0.2, -0.15) is 0 Å². The Hall–Kier alpha value is -0.500. The van der Waals surface area contributed by atoms with Crippen molar-refractivity contribution in [3.63, 3.8) is 0 Å². The van der Waals surface area contributed by atoms with Crippen LogP contribution in [0.1, 0.15) is 26.3 Å². The molecule has 0 aliphatic carbocycles. The van der Waals surface area contributed by atoms with Crippen LogP contribution < -0.4 is 4.74 Å². The van der Waals surface area contributed by atoms with Crippen molar-refractivity contribution in [1.29, 1.82) is 0 Å². The largest absolute Gasteiger partial charge is 0.491 e. The topological polar surface area (TPSA) is 9.23 Å². The van der Waals surface area contributed by atoms with E-state index < -0.39 is 0 Å². The van der Waals surface area contributed by atoms with E-state index in [2.05, 4.69) is 28.9 Å². The average Bonchev–Trinajstić information content (AvgIpc) is 2.07. The number of ether oxygens (including phenoxy) is 1. The first-order valence-electron chi connectivity index (χ1n) is 4.58. The molecule has 0 unspecified atom stereocenters. The summed E-state index contributed by atoms with van der Waals surface area (Å²) in [4.78, 5) is 0. The summed E-state index contributed by atoms with van der Waals surface area (Å²) < 4.78 is 6.75. The molecular weight excluding hydrogens is 228 g/mol. The predicted molar refractivity (Wildman–Crippen MR) is 59.3 cm³/mol. The molecule has 0 atom stereocenters. The van der Waals surface area contributed by atoms with Crippen LogP contribution in [-0.2, 0) is 6.42 Å². The van der Waals surface area contributed by atoms with Crippen molar-refractivity contribution in [2.75, 3.05) is 0 Å². The molecule has 0 aliphatic rings. The molecule has 0 aromatic heterocycles. The first kappa shape index (κ1) is 10.6. The van der Waals surface area contributed by atoms with E-state index in [4.69, 9.17) is 4.74 Å². The zero-order chi connectivity index (χ0) is 9.84. The first-order valence-corrected chi connectivity index (χ1v) is 5.38. The van der Waals surface area contributed by atoms with Gasteiger partial charge in [0.05, 0.1) is 6.10 Å². The summed E-state index contributed by atoms with van der Waals surface area (Å²) >= 11 is 3.50. The molecule has 1 rings (SSSR count). The minimum atomic E-state index is 0.242. The van der Waals surface area contributed by atoms with Crippen LogP contribution >= 0.6 is 15.9 Å². The van der Waals surface area contributed by atoms with Gasteiger partial charge in [-0.25, -0.2) is 0 Å². The van der Waals surface area contributed by atoms with Crippen molar-refractivity contribution in [2.24, 2.45) is 0 Å². The van der Waals surface area contributed by atoms with Crippen molar-refractivity contribution in [2.45, 2.75) is 33.3 Å². The third-order valence-electron chi connectivity index (χ3n) is 1.77. The second-order valence-electron chi connectivity index (χ2n) is 3.27. The van der Waals surface area contributed by atoms with Crippen LogP contribution in [0.15, 0.2) is 22.7 Å². The van der Waals surface area contributed by atoms with Gasteiger partial charge in [-0.15, -0.1) is 0 Å². The number of rotatable bonds is 3. The van der Waals surface area contributed by atoms with Gasteiger partial charge < -0.3 is 4.74 Å². The molecule has 72 valence electrons.